The van der Waals surface area contributed by atoms with Gasteiger partial charge in [-0.3, -0.25) is 0 Å². The second-order valence-corrected chi connectivity index (χ2v) is 5.71. The lowest BCUT2D eigenvalue weighted by molar-refractivity contribution is 0.0153. The summed E-state index contributed by atoms with van der Waals surface area (Å²) in [5.74, 6) is 1.85. The minimum absolute atomic E-state index is 0.448. The smallest absolute Gasteiger partial charge is 0.108 e. The highest BCUT2D eigenvalue weighted by Crippen LogP contribution is 2.33. The predicted molar refractivity (Wildman–Crippen MR) is 68.7 cm³/mol. The lowest BCUT2D eigenvalue weighted by Gasteiger charge is -2.26. The number of hydrogen-bond donors (Lipinski definition) is 1. The van der Waals surface area contributed by atoms with Crippen LogP contribution in [0, 0.1) is 5.92 Å². The molecule has 0 bridgehead atoms. The van der Waals surface area contributed by atoms with Gasteiger partial charge in [-0.2, -0.15) is 0 Å². The van der Waals surface area contributed by atoms with Gasteiger partial charge in [0, 0.05) is 25.9 Å². The van der Waals surface area contributed by atoms with Crippen molar-refractivity contribution in [2.45, 2.75) is 57.5 Å². The van der Waals surface area contributed by atoms with E-state index in [2.05, 4.69) is 11.9 Å². The number of aryl methyl sites for hydroxylation is 2. The first-order valence-electron chi connectivity index (χ1n) is 6.78. The summed E-state index contributed by atoms with van der Waals surface area (Å²) in [6.07, 6.45) is 11.0. The van der Waals surface area contributed by atoms with E-state index in [1.54, 1.807) is 0 Å². The van der Waals surface area contributed by atoms with Gasteiger partial charge in [-0.1, -0.05) is 19.8 Å². The van der Waals surface area contributed by atoms with Crippen LogP contribution in [-0.2, 0) is 13.5 Å². The molecule has 1 aliphatic carbocycles. The van der Waals surface area contributed by atoms with Gasteiger partial charge < -0.3 is 9.67 Å². The Labute approximate surface area is 104 Å². The van der Waals surface area contributed by atoms with Crippen molar-refractivity contribution in [3.63, 3.8) is 0 Å². The van der Waals surface area contributed by atoms with Gasteiger partial charge in [-0.25, -0.2) is 4.98 Å². The van der Waals surface area contributed by atoms with Gasteiger partial charge in [0.25, 0.3) is 0 Å². The molecule has 1 N–H and O–H groups in total. The van der Waals surface area contributed by atoms with E-state index in [-0.39, 0.29) is 0 Å². The van der Waals surface area contributed by atoms with Crippen LogP contribution < -0.4 is 0 Å². The van der Waals surface area contributed by atoms with Crippen LogP contribution in [0.4, 0.5) is 0 Å². The van der Waals surface area contributed by atoms with Crippen LogP contribution in [0.5, 0.6) is 0 Å². The summed E-state index contributed by atoms with van der Waals surface area (Å²) < 4.78 is 2.04. The minimum atomic E-state index is -0.448. The van der Waals surface area contributed by atoms with Gasteiger partial charge in [-0.15, -0.1) is 0 Å². The number of aliphatic hydroxyl groups is 1. The second-order valence-electron chi connectivity index (χ2n) is 5.71. The first-order valence-corrected chi connectivity index (χ1v) is 6.78. The quantitative estimate of drug-likeness (QED) is 0.819. The average Bonchev–Trinajstić information content (AvgIpc) is 2.62. The van der Waals surface area contributed by atoms with Crippen molar-refractivity contribution < 1.29 is 5.11 Å². The predicted octanol–water partition coefficient (Wildman–Crippen LogP) is 2.68. The van der Waals surface area contributed by atoms with Crippen LogP contribution in [0.1, 0.15) is 51.3 Å². The van der Waals surface area contributed by atoms with Gasteiger partial charge in [0.05, 0.1) is 5.60 Å². The molecule has 0 saturated heterocycles. The van der Waals surface area contributed by atoms with Crippen LogP contribution in [0.25, 0.3) is 0 Å². The van der Waals surface area contributed by atoms with Gasteiger partial charge >= 0.3 is 0 Å². The molecule has 0 radical (unpaired) electrons. The summed E-state index contributed by atoms with van der Waals surface area (Å²) in [6, 6.07) is 0. The number of aromatic nitrogens is 2. The third-order valence-corrected chi connectivity index (χ3v) is 4.18. The van der Waals surface area contributed by atoms with E-state index in [9.17, 15) is 5.11 Å². The molecule has 1 aromatic rings. The average molecular weight is 236 g/mol. The maximum Gasteiger partial charge on any atom is 0.108 e. The summed E-state index contributed by atoms with van der Waals surface area (Å²) in [5.41, 5.74) is -0.448. The molecule has 1 fully saturated rings. The molecule has 1 aromatic heterocycles. The molecule has 2 unspecified atom stereocenters. The molecule has 1 aliphatic rings. The van der Waals surface area contributed by atoms with Gasteiger partial charge in [0.2, 0.25) is 0 Å². The molecule has 3 nitrogen and oxygen atoms in total. The summed E-state index contributed by atoms with van der Waals surface area (Å²) in [7, 11) is 2.02. The zero-order valence-corrected chi connectivity index (χ0v) is 11.0. The molecule has 17 heavy (non-hydrogen) atoms. The third-order valence-electron chi connectivity index (χ3n) is 4.18. The van der Waals surface area contributed by atoms with E-state index in [0.717, 1.165) is 50.3 Å². The summed E-state index contributed by atoms with van der Waals surface area (Å²) in [5, 5.41) is 10.6. The van der Waals surface area contributed by atoms with E-state index >= 15 is 0 Å². The summed E-state index contributed by atoms with van der Waals surface area (Å²) in [6.45, 7) is 2.30. The van der Waals surface area contributed by atoms with Gasteiger partial charge in [-0.05, 0) is 31.6 Å². The zero-order chi connectivity index (χ0) is 12.3. The summed E-state index contributed by atoms with van der Waals surface area (Å²) in [4.78, 5) is 4.32. The van der Waals surface area contributed by atoms with Crippen LogP contribution >= 0.6 is 0 Å². The topological polar surface area (TPSA) is 38.1 Å². The molecule has 1 saturated carbocycles. The molecular weight excluding hydrogens is 212 g/mol. The third kappa shape index (κ3) is 3.32. The maximum atomic E-state index is 10.6. The Morgan fingerprint density at radius 1 is 1.47 bits per heavy atom. The van der Waals surface area contributed by atoms with E-state index in [1.165, 1.54) is 6.42 Å². The van der Waals surface area contributed by atoms with Crippen LogP contribution in [0.3, 0.4) is 0 Å². The Balaban J connectivity index is 1.91. The highest BCUT2D eigenvalue weighted by molar-refractivity contribution is 4.94. The molecule has 0 aliphatic heterocycles. The lowest BCUT2D eigenvalue weighted by Crippen LogP contribution is -2.28. The van der Waals surface area contributed by atoms with Gasteiger partial charge in [0.1, 0.15) is 5.82 Å². The highest BCUT2D eigenvalue weighted by Gasteiger charge is 2.29. The maximum absolute atomic E-state index is 10.6. The molecule has 0 amide bonds. The van der Waals surface area contributed by atoms with E-state index in [4.69, 9.17) is 0 Å². The molecule has 1 heterocycles. The Morgan fingerprint density at radius 3 is 3.00 bits per heavy atom. The fourth-order valence-corrected chi connectivity index (χ4v) is 2.80. The van der Waals surface area contributed by atoms with Crippen molar-refractivity contribution in [3.8, 4) is 0 Å². The van der Waals surface area contributed by atoms with E-state index in [1.807, 2.05) is 24.0 Å². The monoisotopic (exact) mass is 236 g/mol. The lowest BCUT2D eigenvalue weighted by atomic mass is 9.89. The number of hydrogen-bond acceptors (Lipinski definition) is 2. The Hall–Kier alpha value is -0.830. The molecule has 2 rings (SSSR count). The Bertz CT molecular complexity index is 361. The van der Waals surface area contributed by atoms with E-state index in [0.29, 0.717) is 0 Å². The first-order chi connectivity index (χ1) is 8.09. The van der Waals surface area contributed by atoms with Crippen molar-refractivity contribution in [1.82, 2.24) is 9.55 Å². The first kappa shape index (κ1) is 12.6. The molecule has 96 valence electrons. The Morgan fingerprint density at radius 2 is 2.29 bits per heavy atom. The van der Waals surface area contributed by atoms with Crippen molar-refractivity contribution >= 4 is 0 Å². The van der Waals surface area contributed by atoms with Gasteiger partial charge in [0.15, 0.2) is 0 Å². The second kappa shape index (κ2) is 5.21. The van der Waals surface area contributed by atoms with Crippen molar-refractivity contribution in [2.75, 3.05) is 0 Å². The molecule has 2 atom stereocenters. The minimum Gasteiger partial charge on any atom is -0.390 e. The van der Waals surface area contributed by atoms with E-state index < -0.39 is 5.60 Å². The molecular formula is C14H24N2O. The van der Waals surface area contributed by atoms with Crippen LogP contribution in [0.15, 0.2) is 12.4 Å². The van der Waals surface area contributed by atoms with Crippen molar-refractivity contribution in [1.29, 1.82) is 0 Å². The standard InChI is InChI=1S/C14H24N2O/c1-12-4-3-7-14(17,8-5-12)9-6-13-15-10-11-16(13)2/h10-12,17H,3-9H2,1-2H3. The Kier molecular flexibility index (Phi) is 3.87. The highest BCUT2D eigenvalue weighted by atomic mass is 16.3. The molecule has 3 heteroatoms. The fraction of sp³-hybridized carbons (Fsp3) is 0.786. The number of imidazole rings is 1. The zero-order valence-electron chi connectivity index (χ0n) is 11.0. The number of nitrogens with zero attached hydrogens (tertiary/aromatic N) is 2. The summed E-state index contributed by atoms with van der Waals surface area (Å²) >= 11 is 0. The molecule has 0 spiro atoms. The number of rotatable bonds is 3. The largest absolute Gasteiger partial charge is 0.390 e. The SMILES string of the molecule is CC1CCCC(O)(CCc2nccn2C)CC1. The van der Waals surface area contributed by atoms with Crippen molar-refractivity contribution in [2.24, 2.45) is 13.0 Å². The van der Waals surface area contributed by atoms with Crippen molar-refractivity contribution in [3.05, 3.63) is 18.2 Å². The fourth-order valence-electron chi connectivity index (χ4n) is 2.80. The van der Waals surface area contributed by atoms with Crippen LogP contribution in [0.2, 0.25) is 0 Å². The molecule has 0 aromatic carbocycles. The normalized spacial score (nSPS) is 30.2. The van der Waals surface area contributed by atoms with Crippen LogP contribution in [-0.4, -0.2) is 20.3 Å².